The van der Waals surface area contributed by atoms with E-state index in [0.29, 0.717) is 32.3 Å². The number of hydrogen-bond acceptors (Lipinski definition) is 12. The molecule has 0 aromatic heterocycles. The molecule has 12 atom stereocenters. The van der Waals surface area contributed by atoms with Gasteiger partial charge in [0.25, 0.3) is 0 Å². The van der Waals surface area contributed by atoms with Crippen LogP contribution in [-0.2, 0) is 42.6 Å². The van der Waals surface area contributed by atoms with Crippen LogP contribution in [0.25, 0.3) is 0 Å². The van der Waals surface area contributed by atoms with Gasteiger partial charge in [-0.15, -0.1) is 0 Å². The molecule has 4 spiro atoms. The smallest absolute Gasteiger partial charge is 0.207 e. The van der Waals surface area contributed by atoms with Crippen molar-refractivity contribution in [2.24, 2.45) is 0 Å². The zero-order valence-corrected chi connectivity index (χ0v) is 34.6. The van der Waals surface area contributed by atoms with Crippen LogP contribution in [0.1, 0.15) is 94.4 Å². The van der Waals surface area contributed by atoms with E-state index in [0.717, 1.165) is 85.7 Å². The number of aliphatic hydroxyl groups is 2. The molecule has 2 N–H and O–H groups in total. The fraction of sp³-hybridized carbons (Fsp3) is 0.733. The fourth-order valence-electron chi connectivity index (χ4n) is 14.3. The predicted molar refractivity (Wildman–Crippen MR) is 208 cm³/mol. The van der Waals surface area contributed by atoms with E-state index in [4.69, 9.17) is 37.9 Å². The summed E-state index contributed by atoms with van der Waals surface area (Å²) in [5.41, 5.74) is 2.05. The molecule has 12 heteroatoms. The second-order valence-corrected chi connectivity index (χ2v) is 19.2. The van der Waals surface area contributed by atoms with Gasteiger partial charge in [-0.1, -0.05) is 12.1 Å². The van der Waals surface area contributed by atoms with Crippen LogP contribution < -0.4 is 18.9 Å². The minimum absolute atomic E-state index is 0.0741. The van der Waals surface area contributed by atoms with Gasteiger partial charge in [-0.2, -0.15) is 0 Å². The Labute approximate surface area is 335 Å². The number of fused-ring (bicyclic) bond motifs is 2. The first-order valence-electron chi connectivity index (χ1n) is 21.6. The number of likely N-dealkylation sites (tertiary alicyclic amines) is 2. The minimum Gasteiger partial charge on any atom is -0.493 e. The number of rotatable bonds is 2. The van der Waals surface area contributed by atoms with E-state index >= 15 is 0 Å². The normalized spacial score (nSPS) is 46.9. The molecule has 10 aliphatic rings. The van der Waals surface area contributed by atoms with Crippen LogP contribution in [0.3, 0.4) is 0 Å². The molecule has 12 rings (SSSR count). The molecule has 0 radical (unpaired) electrons. The SMILES string of the molecule is COc1ccc2c3c1O[C@H]1C4(CCC5(O)[C@@H](C2)N(C)CC[C@]315)OC(C)CC(C)O4.COc1ccc2c3c1O[C@H]1C4(CCC5(O)[C@@H](C2)N(C)CC[C@]315)OCCC(C)O4. The van der Waals surface area contributed by atoms with Gasteiger partial charge in [0, 0.05) is 36.1 Å². The highest BCUT2D eigenvalue weighted by Crippen LogP contribution is 2.70. The molecule has 4 aliphatic carbocycles. The average Bonchev–Trinajstić information content (AvgIpc) is 3.74. The first-order chi connectivity index (χ1) is 27.3. The molecule has 4 saturated heterocycles. The summed E-state index contributed by atoms with van der Waals surface area (Å²) in [5.74, 6) is 1.42. The maximum atomic E-state index is 12.3. The molecule has 6 unspecified atom stereocenters. The molecular weight excluding hydrogens is 728 g/mol. The predicted octanol–water partition coefficient (Wildman–Crippen LogP) is 4.39. The van der Waals surface area contributed by atoms with Crippen LogP contribution in [-0.4, -0.2) is 133 Å². The van der Waals surface area contributed by atoms with Gasteiger partial charge in [0.1, 0.15) is 0 Å². The Morgan fingerprint density at radius 1 is 0.632 bits per heavy atom. The number of hydrogen-bond donors (Lipinski definition) is 2. The van der Waals surface area contributed by atoms with Crippen LogP contribution in [0.5, 0.6) is 23.0 Å². The Balaban J connectivity index is 0.000000131. The number of ether oxygens (including phenoxy) is 8. The van der Waals surface area contributed by atoms with Crippen LogP contribution >= 0.6 is 0 Å². The summed E-state index contributed by atoms with van der Waals surface area (Å²) in [6.45, 7) is 8.85. The Morgan fingerprint density at radius 3 is 1.60 bits per heavy atom. The lowest BCUT2D eigenvalue weighted by molar-refractivity contribution is -0.378. The number of methoxy groups -OCH3 is 2. The lowest BCUT2D eigenvalue weighted by Gasteiger charge is -2.66. The summed E-state index contributed by atoms with van der Waals surface area (Å²) < 4.78 is 50.7. The van der Waals surface area contributed by atoms with E-state index in [1.165, 1.54) is 11.1 Å². The van der Waals surface area contributed by atoms with Crippen molar-refractivity contribution in [3.05, 3.63) is 46.5 Å². The molecule has 2 saturated carbocycles. The van der Waals surface area contributed by atoms with Crippen molar-refractivity contribution in [3.8, 4) is 23.0 Å². The van der Waals surface area contributed by atoms with E-state index in [2.05, 4.69) is 56.8 Å². The van der Waals surface area contributed by atoms with Crippen LogP contribution in [0.4, 0.5) is 0 Å². The van der Waals surface area contributed by atoms with Crippen molar-refractivity contribution in [1.82, 2.24) is 9.80 Å². The Hall–Kier alpha value is -2.68. The first kappa shape index (κ1) is 37.3. The number of benzene rings is 2. The van der Waals surface area contributed by atoms with E-state index in [1.807, 2.05) is 12.1 Å². The van der Waals surface area contributed by atoms with Gasteiger partial charge in [0.2, 0.25) is 11.6 Å². The van der Waals surface area contributed by atoms with Gasteiger partial charge in [-0.25, -0.2) is 0 Å². The molecule has 310 valence electrons. The van der Waals surface area contributed by atoms with E-state index in [-0.39, 0.29) is 42.6 Å². The van der Waals surface area contributed by atoms with Crippen molar-refractivity contribution in [2.45, 2.75) is 161 Å². The zero-order chi connectivity index (χ0) is 39.5. The second-order valence-electron chi connectivity index (χ2n) is 19.2. The molecule has 57 heavy (non-hydrogen) atoms. The molecule has 0 amide bonds. The summed E-state index contributed by atoms with van der Waals surface area (Å²) in [4.78, 5) is 4.66. The molecule has 2 aromatic rings. The van der Waals surface area contributed by atoms with E-state index in [9.17, 15) is 10.2 Å². The van der Waals surface area contributed by atoms with Crippen LogP contribution in [0.2, 0.25) is 0 Å². The second kappa shape index (κ2) is 12.2. The first-order valence-corrected chi connectivity index (χ1v) is 21.6. The van der Waals surface area contributed by atoms with Gasteiger partial charge < -0.3 is 57.9 Å². The van der Waals surface area contributed by atoms with E-state index < -0.39 is 33.6 Å². The monoisotopic (exact) mass is 788 g/mol. The Bertz CT molecular complexity index is 1990. The number of likely N-dealkylation sites (N-methyl/N-ethyl adjacent to an activating group) is 2. The molecule has 4 bridgehead atoms. The maximum Gasteiger partial charge on any atom is 0.207 e. The van der Waals surface area contributed by atoms with Gasteiger partial charge in [0.05, 0.1) is 61.2 Å². The van der Waals surface area contributed by atoms with Crippen molar-refractivity contribution < 1.29 is 48.1 Å². The minimum atomic E-state index is -0.864. The quantitative estimate of drug-likeness (QED) is 0.450. The molecular formula is C45H60N2O10. The van der Waals surface area contributed by atoms with Gasteiger partial charge in [-0.05, 0) is 123 Å². The zero-order valence-electron chi connectivity index (χ0n) is 34.6. The fourth-order valence-corrected chi connectivity index (χ4v) is 14.3. The summed E-state index contributed by atoms with van der Waals surface area (Å²) in [6.07, 6.45) is 7.26. The third-order valence-corrected chi connectivity index (χ3v) is 16.6. The number of nitrogens with zero attached hydrogens (tertiary/aromatic N) is 2. The largest absolute Gasteiger partial charge is 0.493 e. The maximum absolute atomic E-state index is 12.3. The molecule has 12 nitrogen and oxygen atoms in total. The third kappa shape index (κ3) is 4.47. The Kier molecular flexibility index (Phi) is 8.00. The van der Waals surface area contributed by atoms with Crippen LogP contribution in [0.15, 0.2) is 24.3 Å². The summed E-state index contributed by atoms with van der Waals surface area (Å²) >= 11 is 0. The summed E-state index contributed by atoms with van der Waals surface area (Å²) in [6, 6.07) is 8.47. The highest BCUT2D eigenvalue weighted by molar-refractivity contribution is 5.64. The topological polar surface area (TPSA) is 121 Å². The standard InChI is InChI=1S/C23H31NO5.C22H29NO5/c1-13-11-14(2)29-23(28-13)8-7-22(25)17-12-15-5-6-16(26-4)19-18(15)21(22,20(23)27-19)9-10-24(17)3;1-13-6-11-26-22(28-13)8-7-21(24)16-12-14-4-5-15(25-3)18-17(14)20(21,19(22)27-18)9-10-23(16)2/h5-6,13-14,17,20,25H,7-12H2,1-4H3;4-5,13,16,19,24H,6-12H2,1-3H3/t13?,14?,17-,20-,21+,22?,23?;13?,16-,19-,20+,21?,22?/m11/s1. The van der Waals surface area contributed by atoms with Gasteiger partial charge >= 0.3 is 0 Å². The van der Waals surface area contributed by atoms with Crippen molar-refractivity contribution in [2.75, 3.05) is 48.0 Å². The molecule has 6 fully saturated rings. The van der Waals surface area contributed by atoms with Crippen molar-refractivity contribution in [3.63, 3.8) is 0 Å². The number of piperidine rings is 2. The molecule has 6 heterocycles. The average molecular weight is 789 g/mol. The Morgan fingerprint density at radius 2 is 1.11 bits per heavy atom. The molecule has 6 aliphatic heterocycles. The van der Waals surface area contributed by atoms with Gasteiger partial charge in [0.15, 0.2) is 35.2 Å². The lowest BCUT2D eigenvalue weighted by atomic mass is 9.48. The van der Waals surface area contributed by atoms with Crippen LogP contribution in [0, 0.1) is 0 Å². The highest BCUT2D eigenvalue weighted by atomic mass is 16.7. The highest BCUT2D eigenvalue weighted by Gasteiger charge is 2.79. The third-order valence-electron chi connectivity index (χ3n) is 16.6. The van der Waals surface area contributed by atoms with Crippen molar-refractivity contribution >= 4 is 0 Å². The van der Waals surface area contributed by atoms with Gasteiger partial charge in [-0.3, -0.25) is 0 Å². The summed E-state index contributed by atoms with van der Waals surface area (Å²) in [7, 11) is 7.63. The lowest BCUT2D eigenvalue weighted by Crippen LogP contribution is -2.80. The molecule has 2 aromatic carbocycles. The van der Waals surface area contributed by atoms with Crippen molar-refractivity contribution in [1.29, 1.82) is 0 Å². The summed E-state index contributed by atoms with van der Waals surface area (Å²) in [5, 5.41) is 24.6. The van der Waals surface area contributed by atoms with E-state index in [1.54, 1.807) is 14.2 Å².